The van der Waals surface area contributed by atoms with E-state index in [0.29, 0.717) is 10.2 Å². The first kappa shape index (κ1) is 18.4. The number of nitro benzene ring substituents is 1. The van der Waals surface area contributed by atoms with Crippen molar-refractivity contribution in [2.24, 2.45) is 0 Å². The fourth-order valence-corrected chi connectivity index (χ4v) is 2.53. The second kappa shape index (κ2) is 8.25. The highest BCUT2D eigenvalue weighted by atomic mass is 79.9. The molecule has 0 atom stereocenters. The van der Waals surface area contributed by atoms with Gasteiger partial charge >= 0.3 is 0 Å². The first-order valence-corrected chi connectivity index (χ1v) is 7.89. The molecule has 0 aliphatic carbocycles. The van der Waals surface area contributed by atoms with Gasteiger partial charge < -0.3 is 4.74 Å². The van der Waals surface area contributed by atoms with Crippen molar-refractivity contribution in [1.29, 1.82) is 0 Å². The Balaban J connectivity index is 1.90. The van der Waals surface area contributed by atoms with Gasteiger partial charge in [0, 0.05) is 6.07 Å². The monoisotopic (exact) mass is 407 g/mol. The number of benzene rings is 2. The number of nitro groups is 1. The van der Waals surface area contributed by atoms with Crippen LogP contribution in [-0.2, 0) is 4.79 Å². The molecule has 0 saturated heterocycles. The number of para-hydroxylation sites is 1. The summed E-state index contributed by atoms with van der Waals surface area (Å²) < 4.78 is 6.03. The maximum absolute atomic E-state index is 12.0. The lowest BCUT2D eigenvalue weighted by Gasteiger charge is -2.10. The fourth-order valence-electron chi connectivity index (χ4n) is 1.92. The number of nitrogens with one attached hydrogen (secondary N) is 2. The van der Waals surface area contributed by atoms with Crippen molar-refractivity contribution in [1.82, 2.24) is 10.9 Å². The van der Waals surface area contributed by atoms with E-state index in [0.717, 1.165) is 5.56 Å². The molecule has 2 N–H and O–H groups in total. The molecule has 2 amide bonds. The molecule has 2 aromatic rings. The van der Waals surface area contributed by atoms with Crippen LogP contribution in [0.3, 0.4) is 0 Å². The highest BCUT2D eigenvalue weighted by Crippen LogP contribution is 2.25. The van der Waals surface area contributed by atoms with Gasteiger partial charge in [0.15, 0.2) is 6.61 Å². The van der Waals surface area contributed by atoms with Crippen LogP contribution in [0, 0.1) is 17.0 Å². The number of carbonyl (C=O) groups excluding carboxylic acids is 2. The topological polar surface area (TPSA) is 111 Å². The maximum Gasteiger partial charge on any atom is 0.282 e. The van der Waals surface area contributed by atoms with E-state index in [1.54, 1.807) is 6.07 Å². The van der Waals surface area contributed by atoms with Gasteiger partial charge in [-0.3, -0.25) is 30.6 Å². The maximum atomic E-state index is 12.0. The Morgan fingerprint density at radius 2 is 1.92 bits per heavy atom. The molecule has 0 radical (unpaired) electrons. The zero-order valence-corrected chi connectivity index (χ0v) is 14.7. The predicted octanol–water partition coefficient (Wildman–Crippen LogP) is 2.51. The number of rotatable bonds is 5. The summed E-state index contributed by atoms with van der Waals surface area (Å²) in [5.74, 6) is -0.928. The molecule has 9 heteroatoms. The van der Waals surface area contributed by atoms with Gasteiger partial charge in [0.05, 0.1) is 9.40 Å². The number of carbonyl (C=O) groups is 2. The van der Waals surface area contributed by atoms with Crippen LogP contribution >= 0.6 is 15.9 Å². The molecule has 0 spiro atoms. The van der Waals surface area contributed by atoms with E-state index in [1.165, 1.54) is 24.3 Å². The molecule has 0 aliphatic heterocycles. The second-order valence-electron chi connectivity index (χ2n) is 5.00. The van der Waals surface area contributed by atoms with E-state index < -0.39 is 16.7 Å². The number of halogens is 1. The Morgan fingerprint density at radius 3 is 2.60 bits per heavy atom. The van der Waals surface area contributed by atoms with E-state index >= 15 is 0 Å². The second-order valence-corrected chi connectivity index (χ2v) is 5.85. The number of hydrazine groups is 1. The van der Waals surface area contributed by atoms with Gasteiger partial charge in [0.2, 0.25) is 0 Å². The lowest BCUT2D eigenvalue weighted by molar-refractivity contribution is -0.385. The van der Waals surface area contributed by atoms with E-state index in [4.69, 9.17) is 4.74 Å². The Kier molecular flexibility index (Phi) is 6.07. The Morgan fingerprint density at radius 1 is 1.20 bits per heavy atom. The zero-order valence-electron chi connectivity index (χ0n) is 13.1. The highest BCUT2D eigenvalue weighted by molar-refractivity contribution is 9.10. The molecule has 130 valence electrons. The summed E-state index contributed by atoms with van der Waals surface area (Å²) >= 11 is 3.32. The van der Waals surface area contributed by atoms with Gasteiger partial charge in [-0.05, 0) is 46.6 Å². The summed E-state index contributed by atoms with van der Waals surface area (Å²) in [6.07, 6.45) is 0. The summed E-state index contributed by atoms with van der Waals surface area (Å²) in [5.41, 5.74) is 4.78. The molecular formula is C16H14BrN3O5. The average molecular weight is 408 g/mol. The molecule has 0 aliphatic rings. The van der Waals surface area contributed by atoms with Crippen molar-refractivity contribution in [2.75, 3.05) is 6.61 Å². The summed E-state index contributed by atoms with van der Waals surface area (Å²) in [6, 6.07) is 10.8. The summed E-state index contributed by atoms with van der Waals surface area (Å²) in [7, 11) is 0. The van der Waals surface area contributed by atoms with E-state index in [-0.39, 0.29) is 17.9 Å². The standard InChI is InChI=1S/C16H14BrN3O5/c1-10-6-7-14(12(17)8-10)25-9-15(21)18-19-16(22)11-4-2-3-5-13(11)20(23)24/h2-8H,9H2,1H3,(H,18,21)(H,19,22). The van der Waals surface area contributed by atoms with Crippen LogP contribution in [0.25, 0.3) is 0 Å². The fraction of sp³-hybridized carbons (Fsp3) is 0.125. The predicted molar refractivity (Wildman–Crippen MR) is 93.1 cm³/mol. The first-order valence-electron chi connectivity index (χ1n) is 7.10. The number of aryl methyl sites for hydroxylation is 1. The van der Waals surface area contributed by atoms with Gasteiger partial charge in [0.1, 0.15) is 11.3 Å². The number of hydrogen-bond donors (Lipinski definition) is 2. The third-order valence-electron chi connectivity index (χ3n) is 3.11. The lowest BCUT2D eigenvalue weighted by Crippen LogP contribution is -2.44. The van der Waals surface area contributed by atoms with Crippen molar-refractivity contribution in [3.8, 4) is 5.75 Å². The van der Waals surface area contributed by atoms with Gasteiger partial charge in [-0.1, -0.05) is 18.2 Å². The highest BCUT2D eigenvalue weighted by Gasteiger charge is 2.19. The Labute approximate surface area is 151 Å². The minimum atomic E-state index is -0.794. The summed E-state index contributed by atoms with van der Waals surface area (Å²) in [5, 5.41) is 10.9. The smallest absolute Gasteiger partial charge is 0.282 e. The molecule has 2 rings (SSSR count). The average Bonchev–Trinajstić information content (AvgIpc) is 2.58. The van der Waals surface area contributed by atoms with Crippen LogP contribution < -0.4 is 15.6 Å². The number of amides is 2. The molecule has 0 heterocycles. The molecule has 0 unspecified atom stereocenters. The van der Waals surface area contributed by atoms with Crippen molar-refractivity contribution in [3.63, 3.8) is 0 Å². The Hall–Kier alpha value is -2.94. The van der Waals surface area contributed by atoms with E-state index in [9.17, 15) is 19.7 Å². The Bertz CT molecular complexity index is 825. The van der Waals surface area contributed by atoms with Crippen LogP contribution in [0.2, 0.25) is 0 Å². The van der Waals surface area contributed by atoms with Gasteiger partial charge in [-0.15, -0.1) is 0 Å². The van der Waals surface area contributed by atoms with Crippen LogP contribution in [-0.4, -0.2) is 23.3 Å². The lowest BCUT2D eigenvalue weighted by atomic mass is 10.2. The molecule has 8 nitrogen and oxygen atoms in total. The number of hydrogen-bond acceptors (Lipinski definition) is 5. The van der Waals surface area contributed by atoms with Crippen LogP contribution in [0.5, 0.6) is 5.75 Å². The van der Waals surface area contributed by atoms with Crippen molar-refractivity contribution in [3.05, 3.63) is 68.2 Å². The normalized spacial score (nSPS) is 10.0. The quantitative estimate of drug-likeness (QED) is 0.584. The molecule has 0 fully saturated rings. The van der Waals surface area contributed by atoms with Crippen LogP contribution in [0.4, 0.5) is 5.69 Å². The number of nitrogens with zero attached hydrogens (tertiary/aromatic N) is 1. The third kappa shape index (κ3) is 5.01. The third-order valence-corrected chi connectivity index (χ3v) is 3.73. The SMILES string of the molecule is Cc1ccc(OCC(=O)NNC(=O)c2ccccc2[N+](=O)[O-])c(Br)c1. The first-order chi connectivity index (χ1) is 11.9. The minimum absolute atomic E-state index is 0.157. The summed E-state index contributed by atoms with van der Waals surface area (Å²) in [4.78, 5) is 33.9. The largest absolute Gasteiger partial charge is 0.483 e. The van der Waals surface area contributed by atoms with E-state index in [2.05, 4.69) is 26.8 Å². The summed E-state index contributed by atoms with van der Waals surface area (Å²) in [6.45, 7) is 1.58. The van der Waals surface area contributed by atoms with Gasteiger partial charge in [0.25, 0.3) is 17.5 Å². The zero-order chi connectivity index (χ0) is 18.4. The number of ether oxygens (including phenoxy) is 1. The van der Waals surface area contributed by atoms with Gasteiger partial charge in [-0.2, -0.15) is 0 Å². The molecule has 2 aromatic carbocycles. The van der Waals surface area contributed by atoms with Crippen molar-refractivity contribution < 1.29 is 19.2 Å². The molecule has 0 aromatic heterocycles. The van der Waals surface area contributed by atoms with Crippen LogP contribution in [0.1, 0.15) is 15.9 Å². The molecule has 0 saturated carbocycles. The molecular weight excluding hydrogens is 394 g/mol. The van der Waals surface area contributed by atoms with Crippen molar-refractivity contribution >= 4 is 33.4 Å². The van der Waals surface area contributed by atoms with Crippen molar-refractivity contribution in [2.45, 2.75) is 6.92 Å². The van der Waals surface area contributed by atoms with Crippen LogP contribution in [0.15, 0.2) is 46.9 Å². The van der Waals surface area contributed by atoms with E-state index in [1.807, 2.05) is 19.1 Å². The van der Waals surface area contributed by atoms with Gasteiger partial charge in [-0.25, -0.2) is 0 Å². The molecule has 0 bridgehead atoms. The molecule has 25 heavy (non-hydrogen) atoms. The minimum Gasteiger partial charge on any atom is -0.483 e.